The Labute approximate surface area is 176 Å². The summed E-state index contributed by atoms with van der Waals surface area (Å²) in [6, 6.07) is 17.7. The predicted molar refractivity (Wildman–Crippen MR) is 120 cm³/mol. The Balaban J connectivity index is 1.46. The van der Waals surface area contributed by atoms with Crippen LogP contribution in [0.4, 0.5) is 17.3 Å². The number of anilines is 3. The maximum Gasteiger partial charge on any atom is 0.144 e. The largest absolute Gasteiger partial charge is 0.457 e. The molecule has 1 saturated heterocycles. The van der Waals surface area contributed by atoms with E-state index < -0.39 is 0 Å². The van der Waals surface area contributed by atoms with Crippen LogP contribution in [0.5, 0.6) is 11.5 Å². The number of nitrogens with one attached hydrogen (secondary N) is 3. The quantitative estimate of drug-likeness (QED) is 0.504. The van der Waals surface area contributed by atoms with Crippen molar-refractivity contribution in [2.24, 2.45) is 0 Å². The fourth-order valence-corrected chi connectivity index (χ4v) is 3.59. The van der Waals surface area contributed by atoms with Crippen LogP contribution in [0.3, 0.4) is 0 Å². The van der Waals surface area contributed by atoms with Gasteiger partial charge in [0.15, 0.2) is 0 Å². The van der Waals surface area contributed by atoms with Gasteiger partial charge in [0.25, 0.3) is 0 Å². The lowest BCUT2D eigenvalue weighted by atomic mass is 10.1. The molecule has 0 saturated carbocycles. The number of likely N-dealkylation sites (tertiary alicyclic amines) is 1. The molecule has 7 nitrogen and oxygen atoms in total. The number of hydrogen-bond donors (Lipinski definition) is 3. The third kappa shape index (κ3) is 4.93. The first-order valence-corrected chi connectivity index (χ1v) is 10.1. The van der Waals surface area contributed by atoms with Gasteiger partial charge in [0.2, 0.25) is 0 Å². The van der Waals surface area contributed by atoms with Crippen molar-refractivity contribution < 1.29 is 4.74 Å². The zero-order valence-corrected chi connectivity index (χ0v) is 17.0. The first-order valence-electron chi connectivity index (χ1n) is 10.1. The highest BCUT2D eigenvalue weighted by atomic mass is 16.5. The molecule has 1 aliphatic heterocycles. The molecular weight excluding hydrogens is 376 g/mol. The van der Waals surface area contributed by atoms with Crippen molar-refractivity contribution in [2.75, 3.05) is 30.8 Å². The highest BCUT2D eigenvalue weighted by Crippen LogP contribution is 2.26. The number of piperidine rings is 1. The van der Waals surface area contributed by atoms with Gasteiger partial charge in [0.1, 0.15) is 29.5 Å². The van der Waals surface area contributed by atoms with Crippen LogP contribution in [0.25, 0.3) is 0 Å². The molecule has 0 bridgehead atoms. The van der Waals surface area contributed by atoms with Gasteiger partial charge in [-0.05, 0) is 62.8 Å². The highest BCUT2D eigenvalue weighted by Gasteiger charge is 2.19. The van der Waals surface area contributed by atoms with Gasteiger partial charge in [-0.15, -0.1) is 0 Å². The Bertz CT molecular complexity index is 977. The van der Waals surface area contributed by atoms with E-state index in [-0.39, 0.29) is 0 Å². The molecule has 1 atom stereocenters. The van der Waals surface area contributed by atoms with E-state index in [1.54, 1.807) is 0 Å². The van der Waals surface area contributed by atoms with Crippen molar-refractivity contribution >= 4 is 23.5 Å². The Hall–Kier alpha value is -3.45. The molecule has 4 rings (SSSR count). The average molecular weight is 403 g/mol. The first-order chi connectivity index (χ1) is 14.7. The first kappa shape index (κ1) is 19.8. The SMILES string of the molecule is CN1CCCC(Nc2ncnc(Nc3ccc(Oc4ccccc4)cc3)c2C=N)C1. The van der Waals surface area contributed by atoms with Crippen molar-refractivity contribution in [1.82, 2.24) is 14.9 Å². The lowest BCUT2D eigenvalue weighted by Crippen LogP contribution is -2.40. The van der Waals surface area contributed by atoms with E-state index >= 15 is 0 Å². The van der Waals surface area contributed by atoms with Crippen molar-refractivity contribution in [2.45, 2.75) is 18.9 Å². The molecule has 2 aromatic carbocycles. The van der Waals surface area contributed by atoms with Crippen LogP contribution in [0, 0.1) is 5.41 Å². The lowest BCUT2D eigenvalue weighted by Gasteiger charge is -2.30. The second kappa shape index (κ2) is 9.37. The second-order valence-corrected chi connectivity index (χ2v) is 7.44. The normalized spacial score (nSPS) is 16.6. The van der Waals surface area contributed by atoms with Crippen LogP contribution in [-0.2, 0) is 0 Å². The van der Waals surface area contributed by atoms with Crippen LogP contribution in [-0.4, -0.2) is 47.3 Å². The number of nitrogens with zero attached hydrogens (tertiary/aromatic N) is 3. The van der Waals surface area contributed by atoms with Crippen molar-refractivity contribution in [3.05, 3.63) is 66.5 Å². The molecule has 0 aliphatic carbocycles. The van der Waals surface area contributed by atoms with E-state index in [1.807, 2.05) is 54.6 Å². The predicted octanol–water partition coefficient (Wildman–Crippen LogP) is 4.52. The lowest BCUT2D eigenvalue weighted by molar-refractivity contribution is 0.260. The van der Waals surface area contributed by atoms with Gasteiger partial charge >= 0.3 is 0 Å². The topological polar surface area (TPSA) is 86.2 Å². The molecule has 3 N–H and O–H groups in total. The van der Waals surface area contributed by atoms with E-state index in [9.17, 15) is 0 Å². The number of likely N-dealkylation sites (N-methyl/N-ethyl adjacent to an activating group) is 1. The van der Waals surface area contributed by atoms with E-state index in [4.69, 9.17) is 10.1 Å². The standard InChI is InChI=1S/C23H26N6O/c1-29-13-5-6-18(15-29)28-23-21(14-24)22(25-16-26-23)27-17-9-11-20(12-10-17)30-19-7-3-2-4-8-19/h2-4,7-12,14,16,18,24H,5-6,13,15H2,1H3,(H2,25,26,27,28). The molecule has 1 unspecified atom stereocenters. The number of benzene rings is 2. The highest BCUT2D eigenvalue weighted by molar-refractivity contribution is 5.91. The van der Waals surface area contributed by atoms with Gasteiger partial charge in [0.05, 0.1) is 5.56 Å². The zero-order chi connectivity index (χ0) is 20.8. The second-order valence-electron chi connectivity index (χ2n) is 7.44. The molecule has 154 valence electrons. The number of aromatic nitrogens is 2. The summed E-state index contributed by atoms with van der Waals surface area (Å²) in [4.78, 5) is 11.0. The van der Waals surface area contributed by atoms with Gasteiger partial charge in [-0.2, -0.15) is 0 Å². The number of hydrogen-bond acceptors (Lipinski definition) is 7. The molecule has 1 aromatic heterocycles. The number of para-hydroxylation sites is 1. The zero-order valence-electron chi connectivity index (χ0n) is 17.0. The van der Waals surface area contributed by atoms with Crippen LogP contribution in [0.1, 0.15) is 18.4 Å². The summed E-state index contributed by atoms with van der Waals surface area (Å²) in [5, 5.41) is 14.7. The molecule has 30 heavy (non-hydrogen) atoms. The minimum absolute atomic E-state index is 0.319. The summed E-state index contributed by atoms with van der Waals surface area (Å²) in [7, 11) is 2.13. The van der Waals surface area contributed by atoms with Crippen LogP contribution in [0.2, 0.25) is 0 Å². The summed E-state index contributed by atoms with van der Waals surface area (Å²) < 4.78 is 5.84. The Morgan fingerprint density at radius 2 is 1.77 bits per heavy atom. The van der Waals surface area contributed by atoms with E-state index in [0.717, 1.165) is 43.1 Å². The van der Waals surface area contributed by atoms with Crippen LogP contribution in [0.15, 0.2) is 60.9 Å². The third-order valence-corrected chi connectivity index (χ3v) is 5.09. The van der Waals surface area contributed by atoms with E-state index in [0.29, 0.717) is 23.2 Å². The molecule has 3 aromatic rings. The van der Waals surface area contributed by atoms with Crippen LogP contribution >= 0.6 is 0 Å². The third-order valence-electron chi connectivity index (χ3n) is 5.09. The minimum Gasteiger partial charge on any atom is -0.457 e. The number of rotatable bonds is 7. The van der Waals surface area contributed by atoms with Gasteiger partial charge in [-0.3, -0.25) is 0 Å². The van der Waals surface area contributed by atoms with E-state index in [1.165, 1.54) is 12.5 Å². The Kier molecular flexibility index (Phi) is 6.20. The van der Waals surface area contributed by atoms with Crippen molar-refractivity contribution in [3.8, 4) is 11.5 Å². The molecule has 0 amide bonds. The van der Waals surface area contributed by atoms with Crippen molar-refractivity contribution in [1.29, 1.82) is 5.41 Å². The number of ether oxygens (including phenoxy) is 1. The summed E-state index contributed by atoms with van der Waals surface area (Å²) in [5.41, 5.74) is 1.51. The molecule has 0 radical (unpaired) electrons. The fraction of sp³-hybridized carbons (Fsp3) is 0.261. The Morgan fingerprint density at radius 3 is 2.50 bits per heavy atom. The molecule has 1 aliphatic rings. The molecule has 7 heteroatoms. The molecule has 2 heterocycles. The van der Waals surface area contributed by atoms with Crippen LogP contribution < -0.4 is 15.4 Å². The van der Waals surface area contributed by atoms with Gasteiger partial charge in [0, 0.05) is 24.5 Å². The molecular formula is C23H26N6O. The monoisotopic (exact) mass is 402 g/mol. The smallest absolute Gasteiger partial charge is 0.144 e. The average Bonchev–Trinajstić information content (AvgIpc) is 2.76. The Morgan fingerprint density at radius 1 is 1.03 bits per heavy atom. The summed E-state index contributed by atoms with van der Waals surface area (Å²) in [6.45, 7) is 2.09. The minimum atomic E-state index is 0.319. The molecule has 0 spiro atoms. The van der Waals surface area contributed by atoms with Gasteiger partial charge < -0.3 is 25.7 Å². The maximum absolute atomic E-state index is 7.89. The van der Waals surface area contributed by atoms with Gasteiger partial charge in [-0.25, -0.2) is 9.97 Å². The summed E-state index contributed by atoms with van der Waals surface area (Å²) in [5.74, 6) is 2.84. The summed E-state index contributed by atoms with van der Waals surface area (Å²) in [6.07, 6.45) is 5.07. The fourth-order valence-electron chi connectivity index (χ4n) is 3.59. The van der Waals surface area contributed by atoms with E-state index in [2.05, 4.69) is 32.5 Å². The maximum atomic E-state index is 7.89. The van der Waals surface area contributed by atoms with Crippen molar-refractivity contribution in [3.63, 3.8) is 0 Å². The summed E-state index contributed by atoms with van der Waals surface area (Å²) >= 11 is 0. The molecule has 1 fully saturated rings. The van der Waals surface area contributed by atoms with Gasteiger partial charge in [-0.1, -0.05) is 18.2 Å².